The van der Waals surface area contributed by atoms with Crippen molar-refractivity contribution in [2.24, 2.45) is 0 Å². The van der Waals surface area contributed by atoms with Crippen LogP contribution in [0, 0.1) is 5.82 Å². The van der Waals surface area contributed by atoms with Crippen LogP contribution < -0.4 is 5.32 Å². The van der Waals surface area contributed by atoms with E-state index in [4.69, 9.17) is 11.6 Å². The van der Waals surface area contributed by atoms with Gasteiger partial charge < -0.3 is 10.4 Å². The van der Waals surface area contributed by atoms with Crippen LogP contribution in [0.25, 0.3) is 0 Å². The van der Waals surface area contributed by atoms with E-state index in [-0.39, 0.29) is 18.5 Å². The largest absolute Gasteiger partial charge is 0.394 e. The zero-order valence-electron chi connectivity index (χ0n) is 9.50. The van der Waals surface area contributed by atoms with Crippen LogP contribution in [0.4, 0.5) is 4.39 Å². The van der Waals surface area contributed by atoms with Crippen molar-refractivity contribution in [3.8, 4) is 0 Å². The average Bonchev–Trinajstić information content (AvgIpc) is 2.30. The van der Waals surface area contributed by atoms with E-state index < -0.39 is 0 Å². The molecule has 1 saturated heterocycles. The van der Waals surface area contributed by atoms with Crippen LogP contribution in [0.15, 0.2) is 18.2 Å². The molecule has 1 atom stereocenters. The molecule has 0 amide bonds. The van der Waals surface area contributed by atoms with Crippen LogP contribution >= 0.6 is 11.6 Å². The molecule has 5 heteroatoms. The lowest BCUT2D eigenvalue weighted by atomic mass is 10.1. The monoisotopic (exact) mass is 258 g/mol. The zero-order valence-corrected chi connectivity index (χ0v) is 10.3. The Hall–Kier alpha value is -0.680. The Morgan fingerprint density at radius 3 is 2.65 bits per heavy atom. The second kappa shape index (κ2) is 5.78. The fourth-order valence-electron chi connectivity index (χ4n) is 2.19. The number of nitrogens with zero attached hydrogens (tertiary/aromatic N) is 1. The van der Waals surface area contributed by atoms with Crippen LogP contribution in [0.1, 0.15) is 11.6 Å². The maximum absolute atomic E-state index is 13.3. The Labute approximate surface area is 105 Å². The SMILES string of the molecule is OCC(c1cc(F)cc(Cl)c1)N1CCNCC1. The van der Waals surface area contributed by atoms with E-state index in [9.17, 15) is 9.50 Å². The summed E-state index contributed by atoms with van der Waals surface area (Å²) in [6, 6.07) is 4.25. The van der Waals surface area contributed by atoms with Crippen molar-refractivity contribution in [1.82, 2.24) is 10.2 Å². The molecule has 1 unspecified atom stereocenters. The minimum absolute atomic E-state index is 0.0280. The van der Waals surface area contributed by atoms with Crippen molar-refractivity contribution < 1.29 is 9.50 Å². The number of piperazine rings is 1. The third kappa shape index (κ3) is 3.16. The summed E-state index contributed by atoms with van der Waals surface area (Å²) >= 11 is 5.84. The van der Waals surface area contributed by atoms with Gasteiger partial charge in [-0.25, -0.2) is 4.39 Å². The van der Waals surface area contributed by atoms with Gasteiger partial charge in [0.15, 0.2) is 0 Å². The molecular formula is C12H16ClFN2O. The minimum Gasteiger partial charge on any atom is -0.394 e. The lowest BCUT2D eigenvalue weighted by Crippen LogP contribution is -2.46. The number of aliphatic hydroxyl groups is 1. The van der Waals surface area contributed by atoms with E-state index >= 15 is 0 Å². The topological polar surface area (TPSA) is 35.5 Å². The van der Waals surface area contributed by atoms with Crippen molar-refractivity contribution >= 4 is 11.6 Å². The first-order valence-corrected chi connectivity index (χ1v) is 6.10. The summed E-state index contributed by atoms with van der Waals surface area (Å²) in [4.78, 5) is 2.14. The highest BCUT2D eigenvalue weighted by Crippen LogP contribution is 2.24. The van der Waals surface area contributed by atoms with Crippen LogP contribution in [0.2, 0.25) is 5.02 Å². The smallest absolute Gasteiger partial charge is 0.125 e. The lowest BCUT2D eigenvalue weighted by molar-refractivity contribution is 0.110. The van der Waals surface area contributed by atoms with Gasteiger partial charge in [-0.3, -0.25) is 4.90 Å². The van der Waals surface area contributed by atoms with Gasteiger partial charge in [0, 0.05) is 31.2 Å². The molecule has 17 heavy (non-hydrogen) atoms. The number of aliphatic hydroxyl groups excluding tert-OH is 1. The molecule has 0 aromatic heterocycles. The fraction of sp³-hybridized carbons (Fsp3) is 0.500. The van der Waals surface area contributed by atoms with Crippen molar-refractivity contribution in [2.45, 2.75) is 6.04 Å². The molecule has 1 fully saturated rings. The molecule has 1 heterocycles. The highest BCUT2D eigenvalue weighted by atomic mass is 35.5. The molecule has 0 aliphatic carbocycles. The van der Waals surface area contributed by atoms with E-state index in [1.54, 1.807) is 6.07 Å². The quantitative estimate of drug-likeness (QED) is 0.861. The Morgan fingerprint density at radius 2 is 2.06 bits per heavy atom. The molecule has 1 aliphatic rings. The van der Waals surface area contributed by atoms with Crippen molar-refractivity contribution in [3.05, 3.63) is 34.6 Å². The summed E-state index contributed by atoms with van der Waals surface area (Å²) in [7, 11) is 0. The fourth-order valence-corrected chi connectivity index (χ4v) is 2.42. The first-order valence-electron chi connectivity index (χ1n) is 5.72. The van der Waals surface area contributed by atoms with Gasteiger partial charge in [0.1, 0.15) is 5.82 Å². The molecule has 2 rings (SSSR count). The number of hydrogen-bond donors (Lipinski definition) is 2. The van der Waals surface area contributed by atoms with Crippen LogP contribution in [0.3, 0.4) is 0 Å². The van der Waals surface area contributed by atoms with Crippen molar-refractivity contribution in [2.75, 3.05) is 32.8 Å². The molecule has 3 nitrogen and oxygen atoms in total. The van der Waals surface area contributed by atoms with Gasteiger partial charge in [0.2, 0.25) is 0 Å². The minimum atomic E-state index is -0.360. The van der Waals surface area contributed by atoms with Gasteiger partial charge in [-0.05, 0) is 23.8 Å². The number of benzene rings is 1. The van der Waals surface area contributed by atoms with Crippen molar-refractivity contribution in [3.63, 3.8) is 0 Å². The molecule has 0 radical (unpaired) electrons. The molecule has 0 saturated carbocycles. The molecule has 0 bridgehead atoms. The summed E-state index contributed by atoms with van der Waals surface area (Å²) in [5, 5.41) is 13.1. The highest BCUT2D eigenvalue weighted by Gasteiger charge is 2.22. The first-order chi connectivity index (χ1) is 8.20. The third-order valence-electron chi connectivity index (χ3n) is 3.03. The zero-order chi connectivity index (χ0) is 12.3. The van der Waals surface area contributed by atoms with Crippen molar-refractivity contribution in [1.29, 1.82) is 0 Å². The summed E-state index contributed by atoms with van der Waals surface area (Å²) in [5.41, 5.74) is 0.736. The van der Waals surface area contributed by atoms with Gasteiger partial charge in [-0.2, -0.15) is 0 Å². The maximum Gasteiger partial charge on any atom is 0.125 e. The standard InChI is InChI=1S/C12H16ClFN2O/c13-10-5-9(6-11(14)7-10)12(8-17)16-3-1-15-2-4-16/h5-7,12,15,17H,1-4,8H2. The van der Waals surface area contributed by atoms with E-state index in [1.165, 1.54) is 12.1 Å². The molecule has 1 aromatic carbocycles. The third-order valence-corrected chi connectivity index (χ3v) is 3.25. The normalized spacial score (nSPS) is 19.2. The van der Waals surface area contributed by atoms with Gasteiger partial charge in [0.25, 0.3) is 0 Å². The Kier molecular flexibility index (Phi) is 4.34. The van der Waals surface area contributed by atoms with Gasteiger partial charge in [-0.1, -0.05) is 11.6 Å². The number of nitrogens with one attached hydrogen (secondary N) is 1. The molecule has 0 spiro atoms. The van der Waals surface area contributed by atoms with Crippen LogP contribution in [-0.4, -0.2) is 42.8 Å². The average molecular weight is 259 g/mol. The van der Waals surface area contributed by atoms with Gasteiger partial charge in [-0.15, -0.1) is 0 Å². The molecule has 2 N–H and O–H groups in total. The summed E-state index contributed by atoms with van der Waals surface area (Å²) in [6.45, 7) is 3.44. The number of rotatable bonds is 3. The number of hydrogen-bond acceptors (Lipinski definition) is 3. The van der Waals surface area contributed by atoms with E-state index in [0.29, 0.717) is 5.02 Å². The highest BCUT2D eigenvalue weighted by molar-refractivity contribution is 6.30. The summed E-state index contributed by atoms with van der Waals surface area (Å²) in [6.07, 6.45) is 0. The lowest BCUT2D eigenvalue weighted by Gasteiger charge is -2.34. The van der Waals surface area contributed by atoms with Gasteiger partial charge >= 0.3 is 0 Å². The van der Waals surface area contributed by atoms with E-state index in [0.717, 1.165) is 31.7 Å². The number of halogens is 2. The molecule has 1 aliphatic heterocycles. The van der Waals surface area contributed by atoms with E-state index in [1.807, 2.05) is 0 Å². The Morgan fingerprint density at radius 1 is 1.35 bits per heavy atom. The second-order valence-corrected chi connectivity index (χ2v) is 4.62. The summed E-state index contributed by atoms with van der Waals surface area (Å²) in [5.74, 6) is -0.360. The molecule has 1 aromatic rings. The second-order valence-electron chi connectivity index (χ2n) is 4.19. The predicted molar refractivity (Wildman–Crippen MR) is 65.7 cm³/mol. The molecular weight excluding hydrogens is 243 g/mol. The molecule has 94 valence electrons. The van der Waals surface area contributed by atoms with Crippen LogP contribution in [-0.2, 0) is 0 Å². The van der Waals surface area contributed by atoms with Crippen LogP contribution in [0.5, 0.6) is 0 Å². The van der Waals surface area contributed by atoms with E-state index in [2.05, 4.69) is 10.2 Å². The summed E-state index contributed by atoms with van der Waals surface area (Å²) < 4.78 is 13.3. The van der Waals surface area contributed by atoms with Gasteiger partial charge in [0.05, 0.1) is 12.6 Å². The predicted octanol–water partition coefficient (Wildman–Crippen LogP) is 1.42. The maximum atomic E-state index is 13.3. The first kappa shape index (κ1) is 12.8. The Bertz CT molecular complexity index is 363. The Balaban J connectivity index is 2.21.